The number of nitrogens with zero attached hydrogens (tertiary/aromatic N) is 6. The van der Waals surface area contributed by atoms with E-state index in [4.69, 9.17) is 0 Å². The molecule has 1 aliphatic heterocycles. The zero-order valence-corrected chi connectivity index (χ0v) is 15.3. The summed E-state index contributed by atoms with van der Waals surface area (Å²) < 4.78 is 3.68. The number of aromatic nitrogens is 5. The predicted molar refractivity (Wildman–Crippen MR) is 99.1 cm³/mol. The fourth-order valence-corrected chi connectivity index (χ4v) is 3.44. The number of carbonyl (C=O) groups is 1. The summed E-state index contributed by atoms with van der Waals surface area (Å²) in [6.07, 6.45) is 4.07. The molecule has 1 aromatic carbocycles. The van der Waals surface area contributed by atoms with E-state index in [0.717, 1.165) is 36.7 Å². The molecule has 0 atom stereocenters. The standard InChI is InChI=1S/C18H19N7O3/c1-2-15-14(10-20-24(15)12-5-7-13(8-6-12)25(27)28)18(26)19-11-17-22-21-16-4-3-9-23(16)17/h5-8,10H,2-4,9,11H2,1H3,(H,19,26). The Bertz CT molecular complexity index is 1040. The first-order valence-corrected chi connectivity index (χ1v) is 9.09. The van der Waals surface area contributed by atoms with E-state index in [2.05, 4.69) is 20.6 Å². The van der Waals surface area contributed by atoms with Crippen molar-refractivity contribution in [2.75, 3.05) is 0 Å². The minimum absolute atomic E-state index is 0.00719. The molecule has 28 heavy (non-hydrogen) atoms. The first kappa shape index (κ1) is 17.8. The van der Waals surface area contributed by atoms with Crippen LogP contribution >= 0.6 is 0 Å². The van der Waals surface area contributed by atoms with Gasteiger partial charge in [0, 0.05) is 25.1 Å². The third kappa shape index (κ3) is 3.13. The second-order valence-corrected chi connectivity index (χ2v) is 6.51. The van der Waals surface area contributed by atoms with Crippen molar-refractivity contribution in [2.45, 2.75) is 39.3 Å². The van der Waals surface area contributed by atoms with Crippen LogP contribution in [0.25, 0.3) is 5.69 Å². The molecule has 2 aromatic heterocycles. The summed E-state index contributed by atoms with van der Waals surface area (Å²) in [4.78, 5) is 23.1. The van der Waals surface area contributed by atoms with E-state index < -0.39 is 4.92 Å². The van der Waals surface area contributed by atoms with Crippen LogP contribution < -0.4 is 5.32 Å². The molecule has 1 aliphatic rings. The number of amides is 1. The maximum Gasteiger partial charge on any atom is 0.269 e. The van der Waals surface area contributed by atoms with E-state index in [1.807, 2.05) is 11.5 Å². The van der Waals surface area contributed by atoms with Crippen LogP contribution in [-0.2, 0) is 25.9 Å². The largest absolute Gasteiger partial charge is 0.345 e. The Labute approximate surface area is 160 Å². The number of hydrogen-bond acceptors (Lipinski definition) is 6. The van der Waals surface area contributed by atoms with Gasteiger partial charge in [-0.2, -0.15) is 5.10 Å². The van der Waals surface area contributed by atoms with Gasteiger partial charge in [0.25, 0.3) is 11.6 Å². The van der Waals surface area contributed by atoms with Gasteiger partial charge < -0.3 is 9.88 Å². The number of nitrogens with one attached hydrogen (secondary N) is 1. The maximum absolute atomic E-state index is 12.7. The summed E-state index contributed by atoms with van der Waals surface area (Å²) in [5, 5.41) is 26.3. The van der Waals surface area contributed by atoms with Crippen LogP contribution in [0.2, 0.25) is 0 Å². The van der Waals surface area contributed by atoms with E-state index >= 15 is 0 Å². The predicted octanol–water partition coefficient (Wildman–Crippen LogP) is 1.81. The molecule has 0 saturated heterocycles. The van der Waals surface area contributed by atoms with Gasteiger partial charge in [-0.3, -0.25) is 14.9 Å². The highest BCUT2D eigenvalue weighted by atomic mass is 16.6. The molecule has 0 fully saturated rings. The summed E-state index contributed by atoms with van der Waals surface area (Å²) in [6.45, 7) is 3.12. The Morgan fingerprint density at radius 3 is 2.79 bits per heavy atom. The molecule has 1 amide bonds. The van der Waals surface area contributed by atoms with Crippen LogP contribution in [0.5, 0.6) is 0 Å². The molecule has 0 aliphatic carbocycles. The average molecular weight is 381 g/mol. The Morgan fingerprint density at radius 2 is 2.07 bits per heavy atom. The fourth-order valence-electron chi connectivity index (χ4n) is 3.44. The highest BCUT2D eigenvalue weighted by Crippen LogP contribution is 2.19. The Balaban J connectivity index is 1.53. The normalized spacial score (nSPS) is 12.8. The summed E-state index contributed by atoms with van der Waals surface area (Å²) in [5.41, 5.74) is 1.88. The molecule has 0 bridgehead atoms. The molecule has 0 saturated carbocycles. The van der Waals surface area contributed by atoms with Crippen LogP contribution in [0.1, 0.15) is 41.0 Å². The SMILES string of the molecule is CCc1c(C(=O)NCc2nnc3n2CCC3)cnn1-c1ccc([N+](=O)[O-])cc1. The van der Waals surface area contributed by atoms with E-state index in [1.165, 1.54) is 18.3 Å². The molecule has 10 heteroatoms. The van der Waals surface area contributed by atoms with Crippen LogP contribution in [0, 0.1) is 10.1 Å². The van der Waals surface area contributed by atoms with Gasteiger partial charge in [-0.05, 0) is 25.0 Å². The molecule has 1 N–H and O–H groups in total. The highest BCUT2D eigenvalue weighted by Gasteiger charge is 2.20. The molecule has 0 radical (unpaired) electrons. The zero-order chi connectivity index (χ0) is 19.7. The van der Waals surface area contributed by atoms with Crippen molar-refractivity contribution in [3.8, 4) is 5.69 Å². The lowest BCUT2D eigenvalue weighted by atomic mass is 10.2. The fraction of sp³-hybridized carbons (Fsp3) is 0.333. The number of non-ortho nitro benzene ring substituents is 1. The van der Waals surface area contributed by atoms with Crippen molar-refractivity contribution in [3.05, 3.63) is 63.5 Å². The number of aryl methyl sites for hydroxylation is 1. The average Bonchev–Trinajstić information content (AvgIpc) is 3.41. The first-order valence-electron chi connectivity index (χ1n) is 9.09. The molecule has 3 aromatic rings. The monoisotopic (exact) mass is 381 g/mol. The number of carbonyl (C=O) groups excluding carboxylic acids is 1. The van der Waals surface area contributed by atoms with Gasteiger partial charge in [-0.25, -0.2) is 4.68 Å². The molecule has 0 unspecified atom stereocenters. The van der Waals surface area contributed by atoms with Gasteiger partial charge in [0.15, 0.2) is 5.82 Å². The van der Waals surface area contributed by atoms with Crippen molar-refractivity contribution in [1.29, 1.82) is 0 Å². The van der Waals surface area contributed by atoms with Crippen LogP contribution in [0.15, 0.2) is 30.5 Å². The minimum Gasteiger partial charge on any atom is -0.345 e. The van der Waals surface area contributed by atoms with Crippen molar-refractivity contribution in [1.82, 2.24) is 29.9 Å². The van der Waals surface area contributed by atoms with Crippen molar-refractivity contribution >= 4 is 11.6 Å². The molecule has 0 spiro atoms. The molecular weight excluding hydrogens is 362 g/mol. The number of benzene rings is 1. The summed E-state index contributed by atoms with van der Waals surface area (Å²) >= 11 is 0. The quantitative estimate of drug-likeness (QED) is 0.513. The lowest BCUT2D eigenvalue weighted by Crippen LogP contribution is -2.25. The maximum atomic E-state index is 12.7. The van der Waals surface area contributed by atoms with Gasteiger partial charge in [0.2, 0.25) is 0 Å². The lowest BCUT2D eigenvalue weighted by Gasteiger charge is -2.09. The molecule has 3 heterocycles. The summed E-state index contributed by atoms with van der Waals surface area (Å²) in [6, 6.07) is 6.07. The molecule has 4 rings (SSSR count). The Kier molecular flexibility index (Phi) is 4.60. The van der Waals surface area contributed by atoms with Gasteiger partial charge in [-0.15, -0.1) is 10.2 Å². The molecule has 10 nitrogen and oxygen atoms in total. The second-order valence-electron chi connectivity index (χ2n) is 6.51. The van der Waals surface area contributed by atoms with Crippen molar-refractivity contribution in [2.24, 2.45) is 0 Å². The third-order valence-electron chi connectivity index (χ3n) is 4.85. The van der Waals surface area contributed by atoms with Gasteiger partial charge in [0.05, 0.1) is 34.6 Å². The van der Waals surface area contributed by atoms with E-state index in [1.54, 1.807) is 16.8 Å². The summed E-state index contributed by atoms with van der Waals surface area (Å²) in [7, 11) is 0. The van der Waals surface area contributed by atoms with Gasteiger partial charge in [-0.1, -0.05) is 6.92 Å². The number of fused-ring (bicyclic) bond motifs is 1. The Hall–Kier alpha value is -3.56. The minimum atomic E-state index is -0.451. The number of rotatable bonds is 6. The summed E-state index contributed by atoms with van der Waals surface area (Å²) in [5.74, 6) is 1.48. The van der Waals surface area contributed by atoms with E-state index in [9.17, 15) is 14.9 Å². The van der Waals surface area contributed by atoms with Crippen LogP contribution in [0.3, 0.4) is 0 Å². The number of hydrogen-bond donors (Lipinski definition) is 1. The van der Waals surface area contributed by atoms with Crippen molar-refractivity contribution < 1.29 is 9.72 Å². The first-order chi connectivity index (χ1) is 13.6. The van der Waals surface area contributed by atoms with E-state index in [0.29, 0.717) is 24.2 Å². The number of nitro groups is 1. The van der Waals surface area contributed by atoms with Crippen LogP contribution in [-0.4, -0.2) is 35.4 Å². The number of nitro benzene ring substituents is 1. The Morgan fingerprint density at radius 1 is 1.29 bits per heavy atom. The topological polar surface area (TPSA) is 121 Å². The lowest BCUT2D eigenvalue weighted by molar-refractivity contribution is -0.384. The van der Waals surface area contributed by atoms with E-state index in [-0.39, 0.29) is 11.6 Å². The smallest absolute Gasteiger partial charge is 0.269 e. The second kappa shape index (κ2) is 7.22. The van der Waals surface area contributed by atoms with Gasteiger partial charge >= 0.3 is 0 Å². The van der Waals surface area contributed by atoms with Crippen LogP contribution in [0.4, 0.5) is 5.69 Å². The third-order valence-corrected chi connectivity index (χ3v) is 4.85. The van der Waals surface area contributed by atoms with Gasteiger partial charge in [0.1, 0.15) is 5.82 Å². The zero-order valence-electron chi connectivity index (χ0n) is 15.3. The van der Waals surface area contributed by atoms with Crippen molar-refractivity contribution in [3.63, 3.8) is 0 Å². The molecule has 144 valence electrons. The molecular formula is C18H19N7O3. The highest BCUT2D eigenvalue weighted by molar-refractivity contribution is 5.95.